The predicted molar refractivity (Wildman–Crippen MR) is 75.5 cm³/mol. The number of rotatable bonds is 6. The first-order valence-electron chi connectivity index (χ1n) is 6.62. The predicted octanol–water partition coefficient (Wildman–Crippen LogP) is 2.21. The van der Waals surface area contributed by atoms with E-state index in [-0.39, 0.29) is 5.92 Å². The van der Waals surface area contributed by atoms with Gasteiger partial charge in [0.1, 0.15) is 17.6 Å². The molecule has 0 fully saturated rings. The fourth-order valence-corrected chi connectivity index (χ4v) is 1.67. The minimum atomic E-state index is -1.28. The minimum absolute atomic E-state index is 0.256. The van der Waals surface area contributed by atoms with Gasteiger partial charge in [-0.3, -0.25) is 4.79 Å². The Hall–Kier alpha value is -2.11. The van der Waals surface area contributed by atoms with E-state index in [1.54, 1.807) is 13.8 Å². The maximum atomic E-state index is 12.8. The van der Waals surface area contributed by atoms with E-state index >= 15 is 0 Å². The largest absolute Gasteiger partial charge is 0.480 e. The Morgan fingerprint density at radius 2 is 1.76 bits per heavy atom. The van der Waals surface area contributed by atoms with Crippen LogP contribution >= 0.6 is 0 Å². The van der Waals surface area contributed by atoms with Gasteiger partial charge in [0.2, 0.25) is 0 Å². The molecule has 1 aromatic carbocycles. The summed E-state index contributed by atoms with van der Waals surface area (Å²) in [6.07, 6.45) is 0. The molecule has 116 valence electrons. The number of carbonyl (C=O) groups is 2. The standard InChI is InChI=1S/C15H20FNO4/c1-9(2)12(13(18)19)17-14(20)15(3,4)21-11-7-5-10(16)6-8-11/h5-9,12H,1-4H3,(H,17,20)(H,18,19). The first kappa shape index (κ1) is 16.9. The second-order valence-corrected chi connectivity index (χ2v) is 5.60. The van der Waals surface area contributed by atoms with Crippen LogP contribution in [-0.2, 0) is 9.59 Å². The van der Waals surface area contributed by atoms with Crippen molar-refractivity contribution in [3.8, 4) is 5.75 Å². The number of carboxylic acids is 1. The molecular weight excluding hydrogens is 277 g/mol. The summed E-state index contributed by atoms with van der Waals surface area (Å²) in [5, 5.41) is 11.5. The topological polar surface area (TPSA) is 75.6 Å². The van der Waals surface area contributed by atoms with Gasteiger partial charge in [0.25, 0.3) is 5.91 Å². The van der Waals surface area contributed by atoms with E-state index in [0.29, 0.717) is 5.75 Å². The first-order chi connectivity index (χ1) is 9.63. The van der Waals surface area contributed by atoms with Gasteiger partial charge in [0.05, 0.1) is 0 Å². The van der Waals surface area contributed by atoms with Gasteiger partial charge < -0.3 is 15.2 Å². The zero-order chi connectivity index (χ0) is 16.2. The van der Waals surface area contributed by atoms with Gasteiger partial charge in [0.15, 0.2) is 5.60 Å². The lowest BCUT2D eigenvalue weighted by Gasteiger charge is -2.28. The molecule has 0 radical (unpaired) electrons. The second-order valence-electron chi connectivity index (χ2n) is 5.60. The van der Waals surface area contributed by atoms with Crippen LogP contribution in [0.1, 0.15) is 27.7 Å². The van der Waals surface area contributed by atoms with E-state index in [4.69, 9.17) is 9.84 Å². The third-order valence-corrected chi connectivity index (χ3v) is 2.95. The quantitative estimate of drug-likeness (QED) is 0.844. The first-order valence-corrected chi connectivity index (χ1v) is 6.62. The van der Waals surface area contributed by atoms with Crippen molar-refractivity contribution in [3.05, 3.63) is 30.1 Å². The van der Waals surface area contributed by atoms with Crippen molar-refractivity contribution in [3.63, 3.8) is 0 Å². The van der Waals surface area contributed by atoms with Gasteiger partial charge >= 0.3 is 5.97 Å². The second kappa shape index (κ2) is 6.56. The van der Waals surface area contributed by atoms with Crippen LogP contribution in [0.3, 0.4) is 0 Å². The van der Waals surface area contributed by atoms with Gasteiger partial charge in [0, 0.05) is 0 Å². The summed E-state index contributed by atoms with van der Waals surface area (Å²) in [7, 11) is 0. The molecular formula is C15H20FNO4. The highest BCUT2D eigenvalue weighted by atomic mass is 19.1. The number of amides is 1. The molecule has 0 aliphatic heterocycles. The maximum Gasteiger partial charge on any atom is 0.326 e. The highest BCUT2D eigenvalue weighted by Gasteiger charge is 2.34. The zero-order valence-electron chi connectivity index (χ0n) is 12.5. The Kier molecular flexibility index (Phi) is 5.29. The van der Waals surface area contributed by atoms with Gasteiger partial charge in [-0.1, -0.05) is 13.8 Å². The molecule has 21 heavy (non-hydrogen) atoms. The molecule has 0 aromatic heterocycles. The molecule has 1 aromatic rings. The highest BCUT2D eigenvalue weighted by Crippen LogP contribution is 2.19. The summed E-state index contributed by atoms with van der Waals surface area (Å²) in [6.45, 7) is 6.44. The molecule has 0 heterocycles. The van der Waals surface area contributed by atoms with Crippen molar-refractivity contribution in [2.24, 2.45) is 5.92 Å². The van der Waals surface area contributed by atoms with Crippen molar-refractivity contribution in [1.82, 2.24) is 5.32 Å². The Morgan fingerprint density at radius 3 is 2.19 bits per heavy atom. The molecule has 0 bridgehead atoms. The van der Waals surface area contributed by atoms with E-state index in [0.717, 1.165) is 0 Å². The summed E-state index contributed by atoms with van der Waals surface area (Å²) < 4.78 is 18.3. The summed E-state index contributed by atoms with van der Waals surface area (Å²) >= 11 is 0. The third kappa shape index (κ3) is 4.73. The van der Waals surface area contributed by atoms with Crippen LogP contribution in [0.5, 0.6) is 5.75 Å². The molecule has 6 heteroatoms. The number of hydrogen-bond acceptors (Lipinski definition) is 3. The number of ether oxygens (including phenoxy) is 1. The SMILES string of the molecule is CC(C)C(NC(=O)C(C)(C)Oc1ccc(F)cc1)C(=O)O. The number of carbonyl (C=O) groups excluding carboxylic acids is 1. The highest BCUT2D eigenvalue weighted by molar-refractivity contribution is 5.89. The molecule has 1 atom stereocenters. The molecule has 1 unspecified atom stereocenters. The average Bonchev–Trinajstić information content (AvgIpc) is 2.37. The number of hydrogen-bond donors (Lipinski definition) is 2. The molecule has 0 spiro atoms. The van der Waals surface area contributed by atoms with Crippen LogP contribution in [0.4, 0.5) is 4.39 Å². The number of benzene rings is 1. The molecule has 5 nitrogen and oxygen atoms in total. The van der Waals surface area contributed by atoms with Gasteiger partial charge in [-0.25, -0.2) is 9.18 Å². The van der Waals surface area contributed by atoms with Crippen molar-refractivity contribution >= 4 is 11.9 Å². The molecule has 1 rings (SSSR count). The zero-order valence-corrected chi connectivity index (χ0v) is 12.5. The maximum absolute atomic E-state index is 12.8. The van der Waals surface area contributed by atoms with Crippen molar-refractivity contribution in [2.45, 2.75) is 39.3 Å². The molecule has 1 amide bonds. The molecule has 2 N–H and O–H groups in total. The lowest BCUT2D eigenvalue weighted by Crippen LogP contribution is -2.53. The fraction of sp³-hybridized carbons (Fsp3) is 0.467. The third-order valence-electron chi connectivity index (χ3n) is 2.95. The Labute approximate surface area is 123 Å². The normalized spacial score (nSPS) is 12.9. The molecule has 0 aliphatic carbocycles. The van der Waals surface area contributed by atoms with Crippen LogP contribution in [0, 0.1) is 11.7 Å². The number of carboxylic acid groups (broad SMARTS) is 1. The van der Waals surface area contributed by atoms with Crippen LogP contribution in [0.15, 0.2) is 24.3 Å². The van der Waals surface area contributed by atoms with Crippen LogP contribution in [0.25, 0.3) is 0 Å². The van der Waals surface area contributed by atoms with E-state index < -0.39 is 29.3 Å². The fourth-order valence-electron chi connectivity index (χ4n) is 1.67. The van der Waals surface area contributed by atoms with Crippen molar-refractivity contribution < 1.29 is 23.8 Å². The Balaban J connectivity index is 2.79. The smallest absolute Gasteiger partial charge is 0.326 e. The van der Waals surface area contributed by atoms with Crippen molar-refractivity contribution in [1.29, 1.82) is 0 Å². The molecule has 0 saturated heterocycles. The van der Waals surface area contributed by atoms with Crippen LogP contribution in [-0.4, -0.2) is 28.6 Å². The summed E-state index contributed by atoms with van der Waals surface area (Å²) in [5.74, 6) is -1.99. The van der Waals surface area contributed by atoms with Crippen LogP contribution < -0.4 is 10.1 Å². The van der Waals surface area contributed by atoms with Gasteiger partial charge in [-0.15, -0.1) is 0 Å². The van der Waals surface area contributed by atoms with Gasteiger partial charge in [-0.05, 0) is 44.0 Å². The monoisotopic (exact) mass is 297 g/mol. The number of halogens is 1. The van der Waals surface area contributed by atoms with E-state index in [1.165, 1.54) is 38.1 Å². The number of aliphatic carboxylic acids is 1. The van der Waals surface area contributed by atoms with E-state index in [1.807, 2.05) is 0 Å². The molecule has 0 saturated carbocycles. The summed E-state index contributed by atoms with van der Waals surface area (Å²) in [4.78, 5) is 23.3. The van der Waals surface area contributed by atoms with Crippen LogP contribution in [0.2, 0.25) is 0 Å². The lowest BCUT2D eigenvalue weighted by atomic mass is 10.0. The summed E-state index contributed by atoms with van der Waals surface area (Å²) in [6, 6.07) is 4.26. The van der Waals surface area contributed by atoms with Crippen molar-refractivity contribution in [2.75, 3.05) is 0 Å². The minimum Gasteiger partial charge on any atom is -0.480 e. The molecule has 0 aliphatic rings. The van der Waals surface area contributed by atoms with E-state index in [2.05, 4.69) is 5.32 Å². The summed E-state index contributed by atoms with van der Waals surface area (Å²) in [5.41, 5.74) is -1.28. The average molecular weight is 297 g/mol. The Bertz CT molecular complexity index is 511. The Morgan fingerprint density at radius 1 is 1.24 bits per heavy atom. The van der Waals surface area contributed by atoms with E-state index in [9.17, 15) is 14.0 Å². The van der Waals surface area contributed by atoms with Gasteiger partial charge in [-0.2, -0.15) is 0 Å². The number of nitrogens with one attached hydrogen (secondary N) is 1. The lowest BCUT2D eigenvalue weighted by molar-refractivity contribution is -0.146.